The van der Waals surface area contributed by atoms with Gasteiger partial charge in [0, 0.05) is 45.0 Å². The molecule has 1 aromatic carbocycles. The van der Waals surface area contributed by atoms with Crippen molar-refractivity contribution in [2.75, 3.05) is 37.4 Å². The van der Waals surface area contributed by atoms with Crippen LogP contribution in [0.2, 0.25) is 0 Å². The molecule has 0 radical (unpaired) electrons. The maximum atomic E-state index is 12.5. The van der Waals surface area contributed by atoms with Gasteiger partial charge in [-0.15, -0.1) is 0 Å². The number of amides is 1. The van der Waals surface area contributed by atoms with E-state index in [2.05, 4.69) is 15.3 Å². The molecule has 7 heteroatoms. The Labute approximate surface area is 153 Å². The standard InChI is InChI=1S/C19H25N5O2/c1-13-10-17(23(2)3)22-19(20-13)21-15-8-9-24(12-15)18(26)11-14-4-6-16(25)7-5-14/h4-7,10,15,25H,8-9,11-12H2,1-3H3,(H,20,21,22)/t15-/m0/s1. The number of anilines is 2. The van der Waals surface area contributed by atoms with Gasteiger partial charge in [-0.1, -0.05) is 12.1 Å². The predicted molar refractivity (Wildman–Crippen MR) is 102 cm³/mol. The molecule has 138 valence electrons. The third-order valence-corrected chi connectivity index (χ3v) is 4.46. The van der Waals surface area contributed by atoms with Gasteiger partial charge in [0.15, 0.2) is 0 Å². The Hall–Kier alpha value is -2.83. The minimum Gasteiger partial charge on any atom is -0.508 e. The Morgan fingerprint density at radius 3 is 2.73 bits per heavy atom. The minimum absolute atomic E-state index is 0.0964. The lowest BCUT2D eigenvalue weighted by atomic mass is 10.1. The van der Waals surface area contributed by atoms with E-state index in [9.17, 15) is 9.90 Å². The van der Waals surface area contributed by atoms with Gasteiger partial charge in [0.1, 0.15) is 11.6 Å². The van der Waals surface area contributed by atoms with Gasteiger partial charge < -0.3 is 20.2 Å². The number of phenols is 1. The summed E-state index contributed by atoms with van der Waals surface area (Å²) in [5, 5.41) is 12.7. The van der Waals surface area contributed by atoms with Gasteiger partial charge in [0.05, 0.1) is 6.42 Å². The van der Waals surface area contributed by atoms with Crippen molar-refractivity contribution in [1.82, 2.24) is 14.9 Å². The van der Waals surface area contributed by atoms with E-state index in [4.69, 9.17) is 0 Å². The minimum atomic E-state index is 0.0964. The molecule has 2 aromatic rings. The number of nitrogens with one attached hydrogen (secondary N) is 1. The highest BCUT2D eigenvalue weighted by molar-refractivity contribution is 5.79. The number of aromatic nitrogens is 2. The Balaban J connectivity index is 1.58. The molecule has 2 heterocycles. The molecule has 0 aliphatic carbocycles. The molecule has 0 bridgehead atoms. The molecule has 1 fully saturated rings. The summed E-state index contributed by atoms with van der Waals surface area (Å²) in [5.74, 6) is 1.77. The number of phenolic OH excluding ortho intramolecular Hbond substituents is 1. The molecule has 0 saturated carbocycles. The highest BCUT2D eigenvalue weighted by Gasteiger charge is 2.26. The molecular weight excluding hydrogens is 330 g/mol. The lowest BCUT2D eigenvalue weighted by Crippen LogP contribution is -2.33. The van der Waals surface area contributed by atoms with Gasteiger partial charge >= 0.3 is 0 Å². The normalized spacial score (nSPS) is 16.6. The van der Waals surface area contributed by atoms with Crippen molar-refractivity contribution in [2.45, 2.75) is 25.8 Å². The lowest BCUT2D eigenvalue weighted by molar-refractivity contribution is -0.129. The number of nitrogens with zero attached hydrogens (tertiary/aromatic N) is 4. The van der Waals surface area contributed by atoms with E-state index in [0.717, 1.165) is 30.0 Å². The average molecular weight is 355 g/mol. The van der Waals surface area contributed by atoms with Crippen LogP contribution in [0.5, 0.6) is 5.75 Å². The fourth-order valence-electron chi connectivity index (χ4n) is 3.03. The fourth-order valence-corrected chi connectivity index (χ4v) is 3.03. The molecular formula is C19H25N5O2. The first kappa shape index (κ1) is 18.0. The number of aromatic hydroxyl groups is 1. The monoisotopic (exact) mass is 355 g/mol. The van der Waals surface area contributed by atoms with Crippen LogP contribution < -0.4 is 10.2 Å². The second kappa shape index (κ2) is 7.59. The summed E-state index contributed by atoms with van der Waals surface area (Å²) in [4.78, 5) is 25.3. The SMILES string of the molecule is Cc1cc(N(C)C)nc(N[C@H]2CCN(C(=O)Cc3ccc(O)cc3)C2)n1. The molecule has 0 spiro atoms. The van der Waals surface area contributed by atoms with E-state index in [1.54, 1.807) is 24.3 Å². The van der Waals surface area contributed by atoms with Gasteiger partial charge in [-0.2, -0.15) is 4.98 Å². The van der Waals surface area contributed by atoms with Gasteiger partial charge in [0.25, 0.3) is 0 Å². The van der Waals surface area contributed by atoms with Crippen LogP contribution in [0.1, 0.15) is 17.7 Å². The summed E-state index contributed by atoms with van der Waals surface area (Å²) in [6.45, 7) is 3.31. The van der Waals surface area contributed by atoms with Crippen molar-refractivity contribution in [1.29, 1.82) is 0 Å². The maximum Gasteiger partial charge on any atom is 0.227 e. The van der Waals surface area contributed by atoms with E-state index < -0.39 is 0 Å². The summed E-state index contributed by atoms with van der Waals surface area (Å²) < 4.78 is 0. The van der Waals surface area contributed by atoms with Crippen molar-refractivity contribution in [2.24, 2.45) is 0 Å². The van der Waals surface area contributed by atoms with Crippen LogP contribution in [0.15, 0.2) is 30.3 Å². The summed E-state index contributed by atoms with van der Waals surface area (Å²) in [6.07, 6.45) is 1.22. The molecule has 2 N–H and O–H groups in total. The Morgan fingerprint density at radius 2 is 2.04 bits per heavy atom. The number of hydrogen-bond donors (Lipinski definition) is 2. The quantitative estimate of drug-likeness (QED) is 0.851. The molecule has 1 saturated heterocycles. The van der Waals surface area contributed by atoms with Gasteiger partial charge in [-0.05, 0) is 31.0 Å². The van der Waals surface area contributed by atoms with Gasteiger partial charge in [0.2, 0.25) is 11.9 Å². The molecule has 0 unspecified atom stereocenters. The second-order valence-electron chi connectivity index (χ2n) is 6.90. The number of aryl methyl sites for hydroxylation is 1. The van der Waals surface area contributed by atoms with Crippen molar-refractivity contribution < 1.29 is 9.90 Å². The summed E-state index contributed by atoms with van der Waals surface area (Å²) in [5.41, 5.74) is 1.81. The zero-order chi connectivity index (χ0) is 18.7. The topological polar surface area (TPSA) is 81.6 Å². The van der Waals surface area contributed by atoms with Crippen LogP contribution in [-0.4, -0.2) is 59.1 Å². The number of rotatable bonds is 5. The largest absolute Gasteiger partial charge is 0.508 e. The number of carbonyl (C=O) groups excluding carboxylic acids is 1. The molecule has 26 heavy (non-hydrogen) atoms. The molecule has 1 aliphatic rings. The van der Waals surface area contributed by atoms with E-state index >= 15 is 0 Å². The average Bonchev–Trinajstić information content (AvgIpc) is 3.05. The zero-order valence-corrected chi connectivity index (χ0v) is 15.4. The van der Waals surface area contributed by atoms with E-state index in [-0.39, 0.29) is 17.7 Å². The number of hydrogen-bond acceptors (Lipinski definition) is 6. The maximum absolute atomic E-state index is 12.5. The lowest BCUT2D eigenvalue weighted by Gasteiger charge is -2.18. The fraction of sp³-hybridized carbons (Fsp3) is 0.421. The number of benzene rings is 1. The van der Waals surface area contributed by atoms with Crippen LogP contribution in [0, 0.1) is 6.92 Å². The summed E-state index contributed by atoms with van der Waals surface area (Å²) >= 11 is 0. The zero-order valence-electron chi connectivity index (χ0n) is 15.4. The summed E-state index contributed by atoms with van der Waals surface area (Å²) in [7, 11) is 3.90. The predicted octanol–water partition coefficient (Wildman–Crippen LogP) is 1.81. The van der Waals surface area contributed by atoms with Crippen molar-refractivity contribution in [3.63, 3.8) is 0 Å². The first-order chi connectivity index (χ1) is 12.4. The molecule has 7 nitrogen and oxygen atoms in total. The molecule has 3 rings (SSSR count). The van der Waals surface area contributed by atoms with E-state index in [1.807, 2.05) is 36.9 Å². The van der Waals surface area contributed by atoms with E-state index in [0.29, 0.717) is 18.9 Å². The van der Waals surface area contributed by atoms with Crippen LogP contribution in [0.3, 0.4) is 0 Å². The van der Waals surface area contributed by atoms with Gasteiger partial charge in [-0.3, -0.25) is 4.79 Å². The highest BCUT2D eigenvalue weighted by atomic mass is 16.3. The van der Waals surface area contributed by atoms with Crippen LogP contribution in [-0.2, 0) is 11.2 Å². The molecule has 1 atom stereocenters. The Bertz CT molecular complexity index is 776. The first-order valence-electron chi connectivity index (χ1n) is 8.76. The van der Waals surface area contributed by atoms with Crippen molar-refractivity contribution in [3.8, 4) is 5.75 Å². The Morgan fingerprint density at radius 1 is 1.31 bits per heavy atom. The molecule has 1 aliphatic heterocycles. The van der Waals surface area contributed by atoms with Crippen LogP contribution >= 0.6 is 0 Å². The molecule has 1 aromatic heterocycles. The molecule has 1 amide bonds. The number of likely N-dealkylation sites (tertiary alicyclic amines) is 1. The van der Waals surface area contributed by atoms with Crippen LogP contribution in [0.4, 0.5) is 11.8 Å². The first-order valence-corrected chi connectivity index (χ1v) is 8.76. The third kappa shape index (κ3) is 4.41. The second-order valence-corrected chi connectivity index (χ2v) is 6.90. The number of carbonyl (C=O) groups is 1. The van der Waals surface area contributed by atoms with Crippen molar-refractivity contribution >= 4 is 17.7 Å². The van der Waals surface area contributed by atoms with E-state index in [1.165, 1.54) is 0 Å². The summed E-state index contributed by atoms with van der Waals surface area (Å²) in [6, 6.07) is 8.86. The Kier molecular flexibility index (Phi) is 5.25. The smallest absolute Gasteiger partial charge is 0.227 e. The highest BCUT2D eigenvalue weighted by Crippen LogP contribution is 2.18. The van der Waals surface area contributed by atoms with Crippen molar-refractivity contribution in [3.05, 3.63) is 41.6 Å². The van der Waals surface area contributed by atoms with Crippen LogP contribution in [0.25, 0.3) is 0 Å². The van der Waals surface area contributed by atoms with Gasteiger partial charge in [-0.25, -0.2) is 4.98 Å². The third-order valence-electron chi connectivity index (χ3n) is 4.46.